The largest absolute Gasteiger partial charge is 0.496 e. The first-order valence-electron chi connectivity index (χ1n) is 10.8. The molecule has 31 heavy (non-hydrogen) atoms. The summed E-state index contributed by atoms with van der Waals surface area (Å²) in [5, 5.41) is 7.18. The zero-order valence-corrected chi connectivity index (χ0v) is 17.8. The van der Waals surface area contributed by atoms with Gasteiger partial charge in [-0.1, -0.05) is 17.3 Å². The van der Waals surface area contributed by atoms with Crippen molar-refractivity contribution in [3.05, 3.63) is 30.2 Å². The van der Waals surface area contributed by atoms with Gasteiger partial charge in [0.1, 0.15) is 5.75 Å². The minimum absolute atomic E-state index is 0.0276. The van der Waals surface area contributed by atoms with E-state index in [9.17, 15) is 9.59 Å². The number of benzene rings is 1. The summed E-state index contributed by atoms with van der Waals surface area (Å²) >= 11 is 0. The van der Waals surface area contributed by atoms with E-state index in [1.165, 1.54) is 0 Å². The maximum Gasteiger partial charge on any atom is 0.312 e. The number of nitrogens with zero attached hydrogens (tertiary/aromatic N) is 2. The first-order chi connectivity index (χ1) is 14.9. The Bertz CT molecular complexity index is 1000. The predicted molar refractivity (Wildman–Crippen MR) is 110 cm³/mol. The smallest absolute Gasteiger partial charge is 0.312 e. The zero-order chi connectivity index (χ0) is 21.6. The summed E-state index contributed by atoms with van der Waals surface area (Å²) in [6.45, 7) is 1.49. The fourth-order valence-corrected chi connectivity index (χ4v) is 6.55. The van der Waals surface area contributed by atoms with E-state index in [4.69, 9.17) is 14.0 Å². The number of carbonyl (C=O) groups excluding carboxylic acids is 2. The van der Waals surface area contributed by atoms with Gasteiger partial charge in [-0.3, -0.25) is 9.59 Å². The van der Waals surface area contributed by atoms with E-state index >= 15 is 0 Å². The molecule has 2 atom stereocenters. The lowest BCUT2D eigenvalue weighted by atomic mass is 9.47. The van der Waals surface area contributed by atoms with Gasteiger partial charge < -0.3 is 19.3 Å². The Balaban J connectivity index is 1.29. The molecule has 2 aromatic rings. The molecule has 4 fully saturated rings. The molecular formula is C23H27N3O5. The molecule has 0 saturated heterocycles. The van der Waals surface area contributed by atoms with Crippen LogP contribution >= 0.6 is 0 Å². The third kappa shape index (κ3) is 3.58. The van der Waals surface area contributed by atoms with Crippen LogP contribution in [0.15, 0.2) is 28.8 Å². The Morgan fingerprint density at radius 1 is 1.19 bits per heavy atom. The Kier molecular flexibility index (Phi) is 4.75. The molecule has 0 aliphatic heterocycles. The number of nitrogens with one attached hydrogen (secondary N) is 1. The summed E-state index contributed by atoms with van der Waals surface area (Å²) in [5.74, 6) is 1.96. The molecule has 1 aromatic carbocycles. The van der Waals surface area contributed by atoms with Crippen LogP contribution in [0.25, 0.3) is 11.4 Å². The fraction of sp³-hybridized carbons (Fsp3) is 0.565. The number of rotatable bonds is 6. The molecule has 0 unspecified atom stereocenters. The number of aromatic nitrogens is 2. The van der Waals surface area contributed by atoms with Crippen molar-refractivity contribution < 1.29 is 23.6 Å². The monoisotopic (exact) mass is 425 g/mol. The normalized spacial score (nSPS) is 30.8. The van der Waals surface area contributed by atoms with E-state index in [1.54, 1.807) is 14.0 Å². The molecule has 4 saturated carbocycles. The summed E-state index contributed by atoms with van der Waals surface area (Å²) in [4.78, 5) is 29.4. The van der Waals surface area contributed by atoms with Gasteiger partial charge in [-0.05, 0) is 62.5 Å². The fourth-order valence-electron chi connectivity index (χ4n) is 6.55. The molecule has 1 amide bonds. The van der Waals surface area contributed by atoms with Crippen LogP contribution in [0.3, 0.4) is 0 Å². The lowest BCUT2D eigenvalue weighted by molar-refractivity contribution is -0.178. The van der Waals surface area contributed by atoms with E-state index in [1.807, 2.05) is 24.3 Å². The van der Waals surface area contributed by atoms with Gasteiger partial charge in [-0.15, -0.1) is 0 Å². The van der Waals surface area contributed by atoms with E-state index < -0.39 is 5.41 Å². The number of carbonyl (C=O) groups is 2. The van der Waals surface area contributed by atoms with Gasteiger partial charge in [-0.2, -0.15) is 4.98 Å². The highest BCUT2D eigenvalue weighted by Gasteiger charge is 2.61. The van der Waals surface area contributed by atoms with Crippen LogP contribution in [-0.2, 0) is 20.9 Å². The van der Waals surface area contributed by atoms with Crippen molar-refractivity contribution in [2.24, 2.45) is 17.3 Å². The third-order valence-electron chi connectivity index (χ3n) is 7.08. The number of amides is 1. The summed E-state index contributed by atoms with van der Waals surface area (Å²) in [6, 6.07) is 7.40. The molecule has 1 heterocycles. The van der Waals surface area contributed by atoms with Crippen LogP contribution in [-0.4, -0.2) is 34.7 Å². The van der Waals surface area contributed by atoms with Crippen molar-refractivity contribution in [1.29, 1.82) is 0 Å². The highest BCUT2D eigenvalue weighted by Crippen LogP contribution is 2.62. The van der Waals surface area contributed by atoms with Crippen LogP contribution in [0, 0.1) is 17.3 Å². The Hall–Kier alpha value is -2.90. The number of para-hydroxylation sites is 1. The molecule has 4 bridgehead atoms. The molecule has 0 radical (unpaired) electrons. The van der Waals surface area contributed by atoms with Gasteiger partial charge in [-0.25, -0.2) is 0 Å². The molecule has 8 heteroatoms. The molecule has 0 spiro atoms. The van der Waals surface area contributed by atoms with Crippen molar-refractivity contribution in [1.82, 2.24) is 15.5 Å². The molecule has 4 aliphatic rings. The SMILES string of the molecule is COc1ccccc1-c1noc(COC(=O)C23C[C@H]4C[C@@H](CC(NC(C)=O)(C4)C2)C3)n1. The summed E-state index contributed by atoms with van der Waals surface area (Å²) in [6.07, 6.45) is 5.39. The average Bonchev–Trinajstić information content (AvgIpc) is 3.19. The molecule has 4 aliphatic carbocycles. The van der Waals surface area contributed by atoms with E-state index in [0.29, 0.717) is 35.4 Å². The van der Waals surface area contributed by atoms with Crippen LogP contribution in [0.2, 0.25) is 0 Å². The van der Waals surface area contributed by atoms with Crippen molar-refractivity contribution in [2.45, 2.75) is 57.6 Å². The number of hydrogen-bond acceptors (Lipinski definition) is 7. The van der Waals surface area contributed by atoms with Crippen molar-refractivity contribution in [3.8, 4) is 17.1 Å². The van der Waals surface area contributed by atoms with E-state index in [0.717, 1.165) is 32.1 Å². The van der Waals surface area contributed by atoms with Crippen LogP contribution < -0.4 is 10.1 Å². The predicted octanol–water partition coefficient (Wildman–Crippen LogP) is 3.26. The number of hydrogen-bond donors (Lipinski definition) is 1. The minimum Gasteiger partial charge on any atom is -0.496 e. The van der Waals surface area contributed by atoms with Gasteiger partial charge in [0, 0.05) is 12.5 Å². The van der Waals surface area contributed by atoms with Gasteiger partial charge in [0.2, 0.25) is 11.7 Å². The minimum atomic E-state index is -0.530. The highest BCUT2D eigenvalue weighted by atomic mass is 16.6. The summed E-state index contributed by atoms with van der Waals surface area (Å²) in [7, 11) is 1.58. The maximum atomic E-state index is 13.2. The van der Waals surface area contributed by atoms with E-state index in [-0.39, 0.29) is 29.9 Å². The number of methoxy groups -OCH3 is 1. The number of ether oxygens (including phenoxy) is 2. The topological polar surface area (TPSA) is 104 Å². The highest BCUT2D eigenvalue weighted by molar-refractivity contribution is 5.79. The summed E-state index contributed by atoms with van der Waals surface area (Å²) in [5.41, 5.74) is -0.0845. The zero-order valence-electron chi connectivity index (χ0n) is 17.8. The standard InChI is InChI=1S/C23H27N3O5/c1-14(27)25-23-10-15-7-16(11-23)9-22(8-15,13-23)21(28)30-12-19-24-20(26-31-19)17-5-3-4-6-18(17)29-2/h3-6,15-16H,7-13H2,1-2H3,(H,25,27)/t15-,16-,22?,23?/m1/s1. The number of esters is 1. The first-order valence-corrected chi connectivity index (χ1v) is 10.8. The second-order valence-corrected chi connectivity index (χ2v) is 9.49. The van der Waals surface area contributed by atoms with Gasteiger partial charge in [0.25, 0.3) is 5.89 Å². The third-order valence-corrected chi connectivity index (χ3v) is 7.08. The molecule has 1 N–H and O–H groups in total. The Morgan fingerprint density at radius 3 is 2.65 bits per heavy atom. The Morgan fingerprint density at radius 2 is 1.94 bits per heavy atom. The van der Waals surface area contributed by atoms with Gasteiger partial charge in [0.15, 0.2) is 6.61 Å². The second kappa shape index (κ2) is 7.35. The lowest BCUT2D eigenvalue weighted by Crippen LogP contribution is -2.64. The quantitative estimate of drug-likeness (QED) is 0.709. The first kappa shape index (κ1) is 20.0. The molecular weight excluding hydrogens is 398 g/mol. The van der Waals surface area contributed by atoms with Crippen LogP contribution in [0.5, 0.6) is 5.75 Å². The average molecular weight is 425 g/mol. The molecule has 1 aromatic heterocycles. The second-order valence-electron chi connectivity index (χ2n) is 9.49. The van der Waals surface area contributed by atoms with Crippen LogP contribution in [0.1, 0.15) is 51.3 Å². The van der Waals surface area contributed by atoms with Crippen molar-refractivity contribution in [3.63, 3.8) is 0 Å². The molecule has 164 valence electrons. The molecule has 6 rings (SSSR count). The van der Waals surface area contributed by atoms with Crippen molar-refractivity contribution in [2.75, 3.05) is 7.11 Å². The van der Waals surface area contributed by atoms with Crippen molar-refractivity contribution >= 4 is 11.9 Å². The molecule has 8 nitrogen and oxygen atoms in total. The lowest BCUT2D eigenvalue weighted by Gasteiger charge is -2.60. The van der Waals surface area contributed by atoms with Gasteiger partial charge >= 0.3 is 5.97 Å². The maximum absolute atomic E-state index is 13.2. The Labute approximate surface area is 180 Å². The van der Waals surface area contributed by atoms with E-state index in [2.05, 4.69) is 15.5 Å². The van der Waals surface area contributed by atoms with Gasteiger partial charge in [0.05, 0.1) is 18.1 Å². The van der Waals surface area contributed by atoms with Crippen LogP contribution in [0.4, 0.5) is 0 Å². The summed E-state index contributed by atoms with van der Waals surface area (Å²) < 4.78 is 16.3.